The lowest BCUT2D eigenvalue weighted by Crippen LogP contribution is -2.26. The Hall–Kier alpha value is -2.10. The molecule has 4 nitrogen and oxygen atoms in total. The van der Waals surface area contributed by atoms with E-state index in [0.29, 0.717) is 11.6 Å². The normalized spacial score (nSPS) is 14.2. The van der Waals surface area contributed by atoms with Crippen LogP contribution in [0.15, 0.2) is 30.5 Å². The second kappa shape index (κ2) is 5.72. The van der Waals surface area contributed by atoms with Gasteiger partial charge in [0.2, 0.25) is 0 Å². The quantitative estimate of drug-likeness (QED) is 0.917. The first-order chi connectivity index (χ1) is 10.2. The molecule has 1 aliphatic rings. The highest BCUT2D eigenvalue weighted by molar-refractivity contribution is 5.95. The van der Waals surface area contributed by atoms with Gasteiger partial charge in [0.1, 0.15) is 0 Å². The van der Waals surface area contributed by atoms with E-state index < -0.39 is 0 Å². The van der Waals surface area contributed by atoms with Gasteiger partial charge in [-0.2, -0.15) is 5.10 Å². The number of carbonyl (C=O) groups is 1. The van der Waals surface area contributed by atoms with Crippen LogP contribution in [-0.2, 0) is 6.42 Å². The highest BCUT2D eigenvalue weighted by Gasteiger charge is 2.26. The molecule has 1 aromatic heterocycles. The number of amides is 1. The molecule has 1 heterocycles. The molecular formula is C17H21N3O. The van der Waals surface area contributed by atoms with Gasteiger partial charge in [0.15, 0.2) is 0 Å². The van der Waals surface area contributed by atoms with Gasteiger partial charge in [0, 0.05) is 6.04 Å². The summed E-state index contributed by atoms with van der Waals surface area (Å²) in [6.07, 6.45) is 5.74. The zero-order chi connectivity index (χ0) is 14.8. The first kappa shape index (κ1) is 13.9. The Bertz CT molecular complexity index is 656. The van der Waals surface area contributed by atoms with Crippen molar-refractivity contribution in [2.45, 2.75) is 45.6 Å². The molecule has 1 N–H and O–H groups in total. The molecule has 0 atom stereocenters. The Balaban J connectivity index is 1.99. The lowest BCUT2D eigenvalue weighted by atomic mass is 10.1. The number of carbonyl (C=O) groups excluding carboxylic acids is 1. The third-order valence-corrected chi connectivity index (χ3v) is 3.86. The minimum absolute atomic E-state index is 0.0146. The van der Waals surface area contributed by atoms with Crippen LogP contribution in [0.1, 0.15) is 47.8 Å². The number of aromatic nitrogens is 2. The highest BCUT2D eigenvalue weighted by atomic mass is 16.1. The van der Waals surface area contributed by atoms with Crippen LogP contribution in [-0.4, -0.2) is 21.7 Å². The molecule has 1 aliphatic carbocycles. The average molecular weight is 283 g/mol. The van der Waals surface area contributed by atoms with E-state index in [0.717, 1.165) is 42.6 Å². The first-order valence-corrected chi connectivity index (χ1v) is 7.64. The lowest BCUT2D eigenvalue weighted by molar-refractivity contribution is 0.0950. The van der Waals surface area contributed by atoms with E-state index in [1.165, 1.54) is 0 Å². The molecule has 0 saturated heterocycles. The number of benzene rings is 1. The zero-order valence-electron chi connectivity index (χ0n) is 12.6. The largest absolute Gasteiger partial charge is 0.349 e. The minimum Gasteiger partial charge on any atom is -0.349 e. The number of rotatable bonds is 5. The van der Waals surface area contributed by atoms with Gasteiger partial charge < -0.3 is 5.32 Å². The van der Waals surface area contributed by atoms with Gasteiger partial charge in [-0.15, -0.1) is 0 Å². The van der Waals surface area contributed by atoms with Crippen LogP contribution < -0.4 is 5.32 Å². The Kier molecular flexibility index (Phi) is 3.78. The summed E-state index contributed by atoms with van der Waals surface area (Å²) >= 11 is 0. The van der Waals surface area contributed by atoms with E-state index in [4.69, 9.17) is 0 Å². The molecule has 1 aromatic carbocycles. The number of hydrogen-bond acceptors (Lipinski definition) is 2. The summed E-state index contributed by atoms with van der Waals surface area (Å²) in [6.45, 7) is 4.19. The number of nitrogens with zero attached hydrogens (tertiary/aromatic N) is 2. The van der Waals surface area contributed by atoms with Crippen LogP contribution in [0.2, 0.25) is 0 Å². The van der Waals surface area contributed by atoms with Crippen molar-refractivity contribution < 1.29 is 4.79 Å². The van der Waals surface area contributed by atoms with Gasteiger partial charge in [0.25, 0.3) is 5.91 Å². The fraction of sp³-hybridized carbons (Fsp3) is 0.412. The maximum absolute atomic E-state index is 12.4. The summed E-state index contributed by atoms with van der Waals surface area (Å²) in [6, 6.07) is 8.50. The van der Waals surface area contributed by atoms with E-state index in [9.17, 15) is 4.79 Å². The molecule has 0 unspecified atom stereocenters. The first-order valence-electron chi connectivity index (χ1n) is 7.64. The Morgan fingerprint density at radius 2 is 2.14 bits per heavy atom. The summed E-state index contributed by atoms with van der Waals surface area (Å²) in [5.74, 6) is 0.0146. The molecule has 3 rings (SSSR count). The summed E-state index contributed by atoms with van der Waals surface area (Å²) in [5.41, 5.74) is 3.93. The van der Waals surface area contributed by atoms with Gasteiger partial charge in [0.05, 0.1) is 23.1 Å². The van der Waals surface area contributed by atoms with E-state index >= 15 is 0 Å². The number of nitrogens with one attached hydrogen (secondary N) is 1. The molecule has 1 saturated carbocycles. The fourth-order valence-electron chi connectivity index (χ4n) is 2.54. The van der Waals surface area contributed by atoms with E-state index in [1.54, 1.807) is 6.20 Å². The summed E-state index contributed by atoms with van der Waals surface area (Å²) in [4.78, 5) is 12.4. The lowest BCUT2D eigenvalue weighted by Gasteiger charge is -2.11. The van der Waals surface area contributed by atoms with Crippen molar-refractivity contribution in [3.63, 3.8) is 0 Å². The van der Waals surface area contributed by atoms with Crippen molar-refractivity contribution in [2.24, 2.45) is 0 Å². The van der Waals surface area contributed by atoms with Gasteiger partial charge in [-0.05, 0) is 37.8 Å². The van der Waals surface area contributed by atoms with Crippen LogP contribution in [0, 0.1) is 6.92 Å². The third-order valence-electron chi connectivity index (χ3n) is 3.86. The van der Waals surface area contributed by atoms with E-state index in [2.05, 4.69) is 30.3 Å². The van der Waals surface area contributed by atoms with Crippen molar-refractivity contribution in [1.82, 2.24) is 15.1 Å². The molecule has 0 spiro atoms. The van der Waals surface area contributed by atoms with Crippen LogP contribution in [0.5, 0.6) is 0 Å². The molecule has 4 heteroatoms. The van der Waals surface area contributed by atoms with Crippen molar-refractivity contribution in [3.8, 4) is 5.69 Å². The van der Waals surface area contributed by atoms with Crippen LogP contribution in [0.3, 0.4) is 0 Å². The molecular weight excluding hydrogens is 262 g/mol. The van der Waals surface area contributed by atoms with Crippen molar-refractivity contribution in [3.05, 3.63) is 47.3 Å². The average Bonchev–Trinajstić information content (AvgIpc) is 3.18. The SMILES string of the molecule is CCCc1c(C(=O)NC2CC2)cnn1-c1ccccc1C. The van der Waals surface area contributed by atoms with E-state index in [1.807, 2.05) is 22.9 Å². The van der Waals surface area contributed by atoms with Crippen molar-refractivity contribution in [1.29, 1.82) is 0 Å². The molecule has 0 bridgehead atoms. The van der Waals surface area contributed by atoms with Crippen LogP contribution in [0.4, 0.5) is 0 Å². The molecule has 1 fully saturated rings. The van der Waals surface area contributed by atoms with Gasteiger partial charge in [-0.3, -0.25) is 4.79 Å². The molecule has 1 amide bonds. The summed E-state index contributed by atoms with van der Waals surface area (Å²) < 4.78 is 1.92. The maximum Gasteiger partial charge on any atom is 0.254 e. The third kappa shape index (κ3) is 2.84. The van der Waals surface area contributed by atoms with Gasteiger partial charge >= 0.3 is 0 Å². The number of aryl methyl sites for hydroxylation is 1. The molecule has 0 radical (unpaired) electrons. The highest BCUT2D eigenvalue weighted by Crippen LogP contribution is 2.22. The predicted octanol–water partition coefficient (Wildman–Crippen LogP) is 3.03. The maximum atomic E-state index is 12.4. The summed E-state index contributed by atoms with van der Waals surface area (Å²) in [5, 5.41) is 7.53. The standard InChI is InChI=1S/C17H21N3O/c1-3-6-16-14(17(21)19-13-9-10-13)11-18-20(16)15-8-5-4-7-12(15)2/h4-5,7-8,11,13H,3,6,9-10H2,1-2H3,(H,19,21). The molecule has 21 heavy (non-hydrogen) atoms. The van der Waals surface area contributed by atoms with Crippen LogP contribution in [0.25, 0.3) is 5.69 Å². The van der Waals surface area contributed by atoms with Gasteiger partial charge in [-0.25, -0.2) is 4.68 Å². The van der Waals surface area contributed by atoms with Crippen LogP contribution >= 0.6 is 0 Å². The molecule has 110 valence electrons. The Labute approximate surface area is 125 Å². The fourth-order valence-corrected chi connectivity index (χ4v) is 2.54. The Morgan fingerprint density at radius 3 is 2.81 bits per heavy atom. The number of hydrogen-bond donors (Lipinski definition) is 1. The zero-order valence-corrected chi connectivity index (χ0v) is 12.6. The van der Waals surface area contributed by atoms with Gasteiger partial charge in [-0.1, -0.05) is 31.5 Å². The Morgan fingerprint density at radius 1 is 1.38 bits per heavy atom. The smallest absolute Gasteiger partial charge is 0.254 e. The molecule has 0 aliphatic heterocycles. The number of para-hydroxylation sites is 1. The predicted molar refractivity (Wildman–Crippen MR) is 82.8 cm³/mol. The second-order valence-electron chi connectivity index (χ2n) is 5.70. The summed E-state index contributed by atoms with van der Waals surface area (Å²) in [7, 11) is 0. The van der Waals surface area contributed by atoms with Crippen molar-refractivity contribution >= 4 is 5.91 Å². The van der Waals surface area contributed by atoms with E-state index in [-0.39, 0.29) is 5.91 Å². The minimum atomic E-state index is 0.0146. The van der Waals surface area contributed by atoms with Crippen molar-refractivity contribution in [2.75, 3.05) is 0 Å². The second-order valence-corrected chi connectivity index (χ2v) is 5.70. The topological polar surface area (TPSA) is 46.9 Å². The monoisotopic (exact) mass is 283 g/mol. The molecule has 2 aromatic rings.